The minimum Gasteiger partial charge on any atom is -0.389 e. The van der Waals surface area contributed by atoms with Crippen molar-refractivity contribution in [3.63, 3.8) is 0 Å². The van der Waals surface area contributed by atoms with E-state index in [0.29, 0.717) is 24.3 Å². The van der Waals surface area contributed by atoms with Gasteiger partial charge in [0.2, 0.25) is 0 Å². The molecule has 0 aliphatic carbocycles. The van der Waals surface area contributed by atoms with E-state index in [4.69, 9.17) is 18.0 Å². The first-order valence-corrected chi connectivity index (χ1v) is 6.57. The van der Waals surface area contributed by atoms with Crippen LogP contribution in [0.15, 0.2) is 0 Å². The van der Waals surface area contributed by atoms with Gasteiger partial charge in [0.05, 0.1) is 11.3 Å². The van der Waals surface area contributed by atoms with Gasteiger partial charge in [-0.2, -0.15) is 18.3 Å². The van der Waals surface area contributed by atoms with E-state index in [9.17, 15) is 13.2 Å². The fourth-order valence-electron chi connectivity index (χ4n) is 1.69. The number of halogens is 3. The van der Waals surface area contributed by atoms with Crippen LogP contribution in [0, 0.1) is 13.8 Å². The number of aryl methyl sites for hydroxylation is 1. The van der Waals surface area contributed by atoms with Gasteiger partial charge in [-0.25, -0.2) is 0 Å². The maximum absolute atomic E-state index is 12.0. The van der Waals surface area contributed by atoms with E-state index in [2.05, 4.69) is 15.5 Å². The zero-order valence-electron chi connectivity index (χ0n) is 11.3. The number of hydrogen-bond acceptors (Lipinski definition) is 4. The highest BCUT2D eigenvalue weighted by atomic mass is 32.1. The van der Waals surface area contributed by atoms with Gasteiger partial charge < -0.3 is 11.1 Å². The molecule has 0 aliphatic rings. The van der Waals surface area contributed by atoms with Crippen molar-refractivity contribution in [2.75, 3.05) is 11.9 Å². The zero-order chi connectivity index (χ0) is 15.3. The van der Waals surface area contributed by atoms with Crippen molar-refractivity contribution in [3.8, 4) is 0 Å². The monoisotopic (exact) mass is 306 g/mol. The molecule has 0 atom stereocenters. The highest BCUT2D eigenvalue weighted by Gasteiger charge is 2.25. The lowest BCUT2D eigenvalue weighted by atomic mass is 10.1. The van der Waals surface area contributed by atoms with Crippen LogP contribution in [-0.2, 0) is 0 Å². The fraction of sp³-hybridized carbons (Fsp3) is 0.583. The molecule has 0 aliphatic heterocycles. The van der Waals surface area contributed by atoms with Crippen LogP contribution in [0.2, 0.25) is 0 Å². The molecule has 0 radical (unpaired) electrons. The Morgan fingerprint density at radius 3 is 2.45 bits per heavy atom. The topological polar surface area (TPSA) is 63.8 Å². The maximum atomic E-state index is 12.0. The zero-order valence-corrected chi connectivity index (χ0v) is 12.2. The Morgan fingerprint density at radius 1 is 1.25 bits per heavy atom. The molecule has 3 N–H and O–H groups in total. The van der Waals surface area contributed by atoms with Gasteiger partial charge >= 0.3 is 6.18 Å². The average Bonchev–Trinajstić information content (AvgIpc) is 2.31. The first kappa shape index (κ1) is 16.6. The fourth-order valence-corrected chi connectivity index (χ4v) is 1.94. The summed E-state index contributed by atoms with van der Waals surface area (Å²) in [5.41, 5.74) is 7.79. The van der Waals surface area contributed by atoms with Crippen LogP contribution in [0.3, 0.4) is 0 Å². The van der Waals surface area contributed by atoms with E-state index in [1.165, 1.54) is 0 Å². The largest absolute Gasteiger partial charge is 0.389 e. The molecule has 4 nitrogen and oxygen atoms in total. The van der Waals surface area contributed by atoms with Crippen LogP contribution in [0.25, 0.3) is 0 Å². The number of alkyl halides is 3. The lowest BCUT2D eigenvalue weighted by Crippen LogP contribution is -2.18. The van der Waals surface area contributed by atoms with Crippen LogP contribution in [0.4, 0.5) is 19.0 Å². The van der Waals surface area contributed by atoms with Crippen molar-refractivity contribution in [2.45, 2.75) is 39.3 Å². The third-order valence-electron chi connectivity index (χ3n) is 2.88. The first-order valence-electron chi connectivity index (χ1n) is 6.16. The molecule has 1 aromatic rings. The predicted molar refractivity (Wildman–Crippen MR) is 75.8 cm³/mol. The van der Waals surface area contributed by atoms with E-state index in [-0.39, 0.29) is 11.4 Å². The van der Waals surface area contributed by atoms with Crippen LogP contribution in [0.1, 0.15) is 36.1 Å². The Morgan fingerprint density at radius 2 is 1.90 bits per heavy atom. The van der Waals surface area contributed by atoms with E-state index in [0.717, 1.165) is 11.3 Å². The van der Waals surface area contributed by atoms with Crippen molar-refractivity contribution in [2.24, 2.45) is 5.73 Å². The number of thiocarbonyl (C=S) groups is 1. The van der Waals surface area contributed by atoms with Crippen LogP contribution >= 0.6 is 12.2 Å². The Balaban J connectivity index is 2.61. The molecular formula is C12H17F3N4S. The summed E-state index contributed by atoms with van der Waals surface area (Å²) < 4.78 is 36.0. The van der Waals surface area contributed by atoms with Crippen LogP contribution in [0.5, 0.6) is 0 Å². The third kappa shape index (κ3) is 4.92. The first-order chi connectivity index (χ1) is 9.22. The van der Waals surface area contributed by atoms with Gasteiger partial charge in [-0.15, -0.1) is 5.10 Å². The molecule has 0 bridgehead atoms. The second-order valence-electron chi connectivity index (χ2n) is 4.50. The summed E-state index contributed by atoms with van der Waals surface area (Å²) in [6, 6.07) is 0. The summed E-state index contributed by atoms with van der Waals surface area (Å²) in [7, 11) is 0. The number of rotatable bonds is 6. The van der Waals surface area contributed by atoms with Gasteiger partial charge in [0.1, 0.15) is 4.99 Å². The Bertz CT molecular complexity index is 488. The van der Waals surface area contributed by atoms with Gasteiger partial charge in [-0.3, -0.25) is 0 Å². The Labute approximate surface area is 121 Å². The van der Waals surface area contributed by atoms with Gasteiger partial charge in [-0.05, 0) is 32.3 Å². The number of anilines is 1. The molecule has 0 unspecified atom stereocenters. The molecule has 0 saturated heterocycles. The van der Waals surface area contributed by atoms with Gasteiger partial charge in [0.25, 0.3) is 0 Å². The summed E-state index contributed by atoms with van der Waals surface area (Å²) >= 11 is 4.97. The summed E-state index contributed by atoms with van der Waals surface area (Å²) in [5.74, 6) is 0.424. The summed E-state index contributed by atoms with van der Waals surface area (Å²) in [6.45, 7) is 3.98. The van der Waals surface area contributed by atoms with Gasteiger partial charge in [0.15, 0.2) is 5.82 Å². The van der Waals surface area contributed by atoms with Gasteiger partial charge in [0, 0.05) is 13.0 Å². The maximum Gasteiger partial charge on any atom is 0.389 e. The molecule has 112 valence electrons. The second-order valence-corrected chi connectivity index (χ2v) is 4.94. The SMILES string of the molecule is Cc1nnc(NCCCCC(F)(F)F)c(C(N)=S)c1C. The quantitative estimate of drug-likeness (QED) is 0.625. The summed E-state index contributed by atoms with van der Waals surface area (Å²) in [5, 5.41) is 10.8. The molecular weight excluding hydrogens is 289 g/mol. The number of aromatic nitrogens is 2. The molecule has 1 rings (SSSR count). The summed E-state index contributed by atoms with van der Waals surface area (Å²) in [4.78, 5) is 0.193. The standard InChI is InChI=1S/C12H17F3N4S/c1-7-8(2)18-19-11(9(7)10(16)20)17-6-4-3-5-12(13,14)15/h3-6H2,1-2H3,(H2,16,20)(H,17,19). The second kappa shape index (κ2) is 6.83. The minimum atomic E-state index is -4.11. The Kier molecular flexibility index (Phi) is 5.67. The highest BCUT2D eigenvalue weighted by Crippen LogP contribution is 2.22. The van der Waals surface area contributed by atoms with E-state index in [1.54, 1.807) is 6.92 Å². The van der Waals surface area contributed by atoms with E-state index in [1.807, 2.05) is 6.92 Å². The molecule has 0 saturated carbocycles. The molecule has 1 aromatic heterocycles. The average molecular weight is 306 g/mol. The molecule has 8 heteroatoms. The lowest BCUT2D eigenvalue weighted by Gasteiger charge is -2.13. The number of unbranched alkanes of at least 4 members (excludes halogenated alkanes) is 1. The van der Waals surface area contributed by atoms with Crippen LogP contribution < -0.4 is 11.1 Å². The molecule has 20 heavy (non-hydrogen) atoms. The molecule has 1 heterocycles. The molecule has 0 aromatic carbocycles. The number of hydrogen-bond donors (Lipinski definition) is 2. The van der Waals surface area contributed by atoms with Crippen LogP contribution in [-0.4, -0.2) is 27.9 Å². The molecule has 0 fully saturated rings. The molecule has 0 spiro atoms. The normalized spacial score (nSPS) is 11.4. The lowest BCUT2D eigenvalue weighted by molar-refractivity contribution is -0.135. The number of nitrogens with two attached hydrogens (primary N) is 1. The smallest absolute Gasteiger partial charge is 0.389 e. The Hall–Kier alpha value is -1.44. The highest BCUT2D eigenvalue weighted by molar-refractivity contribution is 7.80. The van der Waals surface area contributed by atoms with Crippen molar-refractivity contribution in [3.05, 3.63) is 16.8 Å². The van der Waals surface area contributed by atoms with Crippen molar-refractivity contribution >= 4 is 23.0 Å². The van der Waals surface area contributed by atoms with Gasteiger partial charge in [-0.1, -0.05) is 12.2 Å². The van der Waals surface area contributed by atoms with E-state index < -0.39 is 12.6 Å². The van der Waals surface area contributed by atoms with E-state index >= 15 is 0 Å². The number of nitrogens with one attached hydrogen (secondary N) is 1. The van der Waals surface area contributed by atoms with Crippen molar-refractivity contribution in [1.82, 2.24) is 10.2 Å². The van der Waals surface area contributed by atoms with Crippen molar-refractivity contribution in [1.29, 1.82) is 0 Å². The third-order valence-corrected chi connectivity index (χ3v) is 3.08. The predicted octanol–water partition coefficient (Wildman–Crippen LogP) is 2.87. The minimum absolute atomic E-state index is 0.0666. The summed E-state index contributed by atoms with van der Waals surface area (Å²) in [6.07, 6.45) is -4.44. The van der Waals surface area contributed by atoms with Crippen molar-refractivity contribution < 1.29 is 13.2 Å². The number of nitrogens with zero attached hydrogens (tertiary/aromatic N) is 2. The molecule has 0 amide bonds.